The van der Waals surface area contributed by atoms with Crippen LogP contribution in [0.2, 0.25) is 0 Å². The zero-order valence-corrected chi connectivity index (χ0v) is 14.3. The number of anilines is 1. The summed E-state index contributed by atoms with van der Waals surface area (Å²) < 4.78 is 0. The standard InChI is InChI=1S/C16H22N4O4/c1-5-11(6-2)18-15-14(19(21)22)9-13(10(3)4)12(7-8-17)16(15)20(23)24/h9-11,18H,5-7H2,1-4H3. The molecule has 8 heteroatoms. The van der Waals surface area contributed by atoms with E-state index in [1.54, 1.807) is 13.8 Å². The van der Waals surface area contributed by atoms with Crippen LogP contribution in [0.4, 0.5) is 17.1 Å². The Morgan fingerprint density at radius 2 is 1.79 bits per heavy atom. The Kier molecular flexibility index (Phi) is 6.65. The smallest absolute Gasteiger partial charge is 0.303 e. The number of hydrogen-bond donors (Lipinski definition) is 1. The van der Waals surface area contributed by atoms with Gasteiger partial charge in [0, 0.05) is 12.1 Å². The van der Waals surface area contributed by atoms with E-state index in [-0.39, 0.29) is 41.0 Å². The molecule has 0 spiro atoms. The fourth-order valence-electron chi connectivity index (χ4n) is 2.68. The zero-order chi connectivity index (χ0) is 18.4. The van der Waals surface area contributed by atoms with Crippen molar-refractivity contribution in [3.8, 4) is 6.07 Å². The molecule has 1 N–H and O–H groups in total. The number of nitro groups is 2. The Bertz CT molecular complexity index is 676. The Balaban J connectivity index is 3.81. The highest BCUT2D eigenvalue weighted by Crippen LogP contribution is 2.42. The van der Waals surface area contributed by atoms with E-state index >= 15 is 0 Å². The first-order chi connectivity index (χ1) is 11.3. The molecule has 0 saturated carbocycles. The van der Waals surface area contributed by atoms with Gasteiger partial charge >= 0.3 is 5.69 Å². The van der Waals surface area contributed by atoms with Crippen LogP contribution in [0.15, 0.2) is 6.07 Å². The van der Waals surface area contributed by atoms with Gasteiger partial charge in [-0.15, -0.1) is 0 Å². The number of nitrogens with one attached hydrogen (secondary N) is 1. The first kappa shape index (κ1) is 19.4. The van der Waals surface area contributed by atoms with E-state index in [9.17, 15) is 20.2 Å². The third-order valence-corrected chi connectivity index (χ3v) is 4.01. The third-order valence-electron chi connectivity index (χ3n) is 4.01. The molecule has 1 aromatic rings. The summed E-state index contributed by atoms with van der Waals surface area (Å²) >= 11 is 0. The molecule has 1 aromatic carbocycles. The van der Waals surface area contributed by atoms with Crippen LogP contribution in [0.3, 0.4) is 0 Å². The van der Waals surface area contributed by atoms with Crippen LogP contribution in [-0.2, 0) is 6.42 Å². The molecule has 0 heterocycles. The molecule has 8 nitrogen and oxygen atoms in total. The summed E-state index contributed by atoms with van der Waals surface area (Å²) in [6.07, 6.45) is 1.17. The quantitative estimate of drug-likeness (QED) is 0.558. The minimum Gasteiger partial charge on any atom is -0.371 e. The van der Waals surface area contributed by atoms with E-state index in [4.69, 9.17) is 5.26 Å². The lowest BCUT2D eigenvalue weighted by atomic mass is 9.92. The van der Waals surface area contributed by atoms with Crippen LogP contribution in [0.1, 0.15) is 57.6 Å². The minimum atomic E-state index is -0.629. The maximum absolute atomic E-state index is 11.7. The topological polar surface area (TPSA) is 122 Å². The molecule has 1 rings (SSSR count). The van der Waals surface area contributed by atoms with E-state index in [1.807, 2.05) is 19.9 Å². The van der Waals surface area contributed by atoms with E-state index in [2.05, 4.69) is 5.32 Å². The van der Waals surface area contributed by atoms with Gasteiger partial charge in [-0.25, -0.2) is 0 Å². The first-order valence-corrected chi connectivity index (χ1v) is 7.90. The molecular formula is C16H22N4O4. The fraction of sp³-hybridized carbons (Fsp3) is 0.562. The molecule has 0 unspecified atom stereocenters. The molecule has 0 fully saturated rings. The Morgan fingerprint density at radius 3 is 2.17 bits per heavy atom. The summed E-state index contributed by atoms with van der Waals surface area (Å²) in [5.41, 5.74) is -0.0738. The van der Waals surface area contributed by atoms with Crippen molar-refractivity contribution in [2.24, 2.45) is 0 Å². The van der Waals surface area contributed by atoms with E-state index in [0.717, 1.165) is 0 Å². The third kappa shape index (κ3) is 3.98. The minimum absolute atomic E-state index is 0.103. The van der Waals surface area contributed by atoms with Crippen LogP contribution in [0.5, 0.6) is 0 Å². The summed E-state index contributed by atoms with van der Waals surface area (Å²) in [6, 6.07) is 3.16. The van der Waals surface area contributed by atoms with E-state index in [0.29, 0.717) is 18.4 Å². The summed E-state index contributed by atoms with van der Waals surface area (Å²) in [5, 5.41) is 35.1. The summed E-state index contributed by atoms with van der Waals surface area (Å²) in [4.78, 5) is 21.9. The lowest BCUT2D eigenvalue weighted by molar-refractivity contribution is -0.392. The second kappa shape index (κ2) is 8.24. The maximum Gasteiger partial charge on any atom is 0.303 e. The van der Waals surface area contributed by atoms with Gasteiger partial charge in [0.1, 0.15) is 0 Å². The van der Waals surface area contributed by atoms with Gasteiger partial charge in [0.15, 0.2) is 5.69 Å². The van der Waals surface area contributed by atoms with E-state index in [1.165, 1.54) is 6.07 Å². The van der Waals surface area contributed by atoms with Crippen molar-refractivity contribution >= 4 is 17.1 Å². The fourth-order valence-corrected chi connectivity index (χ4v) is 2.68. The largest absolute Gasteiger partial charge is 0.371 e. The zero-order valence-electron chi connectivity index (χ0n) is 14.3. The van der Waals surface area contributed by atoms with Crippen LogP contribution in [-0.4, -0.2) is 15.9 Å². The van der Waals surface area contributed by atoms with Gasteiger partial charge in [-0.2, -0.15) is 5.26 Å². The van der Waals surface area contributed by atoms with Gasteiger partial charge in [-0.1, -0.05) is 27.7 Å². The summed E-state index contributed by atoms with van der Waals surface area (Å²) in [6.45, 7) is 7.38. The van der Waals surface area contributed by atoms with Gasteiger partial charge in [0.05, 0.1) is 27.9 Å². The second-order valence-electron chi connectivity index (χ2n) is 5.85. The number of nitrogens with zero attached hydrogens (tertiary/aromatic N) is 3. The monoisotopic (exact) mass is 334 g/mol. The SMILES string of the molecule is CCC(CC)Nc1c([N+](=O)[O-])cc(C(C)C)c(CC#N)c1[N+](=O)[O-]. The molecule has 0 aromatic heterocycles. The van der Waals surface area contributed by atoms with Crippen LogP contribution >= 0.6 is 0 Å². The Hall–Kier alpha value is -2.69. The summed E-state index contributed by atoms with van der Waals surface area (Å²) in [7, 11) is 0. The molecular weight excluding hydrogens is 312 g/mol. The first-order valence-electron chi connectivity index (χ1n) is 7.90. The molecule has 0 saturated heterocycles. The number of hydrogen-bond acceptors (Lipinski definition) is 6. The van der Waals surface area contributed by atoms with Crippen molar-refractivity contribution in [2.75, 3.05) is 5.32 Å². The van der Waals surface area contributed by atoms with Crippen molar-refractivity contribution in [2.45, 2.75) is 58.9 Å². The molecule has 24 heavy (non-hydrogen) atoms. The molecule has 0 atom stereocenters. The van der Waals surface area contributed by atoms with Gasteiger partial charge in [0.25, 0.3) is 5.69 Å². The Morgan fingerprint density at radius 1 is 1.21 bits per heavy atom. The number of benzene rings is 1. The molecule has 0 aliphatic rings. The normalized spacial score (nSPS) is 10.7. The average molecular weight is 334 g/mol. The van der Waals surface area contributed by atoms with Crippen molar-refractivity contribution in [3.63, 3.8) is 0 Å². The van der Waals surface area contributed by atoms with Crippen molar-refractivity contribution in [1.82, 2.24) is 0 Å². The highest BCUT2D eigenvalue weighted by molar-refractivity contribution is 5.79. The number of nitro benzene ring substituents is 2. The van der Waals surface area contributed by atoms with Gasteiger partial charge in [0.2, 0.25) is 0 Å². The molecule has 0 bridgehead atoms. The predicted octanol–water partition coefficient (Wildman–Crippen LogP) is 4.29. The second-order valence-corrected chi connectivity index (χ2v) is 5.85. The molecule has 0 aliphatic heterocycles. The van der Waals surface area contributed by atoms with Crippen LogP contribution < -0.4 is 5.32 Å². The lowest BCUT2D eigenvalue weighted by Gasteiger charge is -2.19. The average Bonchev–Trinajstić information content (AvgIpc) is 2.51. The predicted molar refractivity (Wildman–Crippen MR) is 91.1 cm³/mol. The van der Waals surface area contributed by atoms with Gasteiger partial charge in [-0.05, 0) is 24.3 Å². The molecule has 0 radical (unpaired) electrons. The van der Waals surface area contributed by atoms with Gasteiger partial charge in [-0.3, -0.25) is 20.2 Å². The molecule has 0 amide bonds. The van der Waals surface area contributed by atoms with Crippen molar-refractivity contribution in [1.29, 1.82) is 5.26 Å². The molecule has 130 valence electrons. The highest BCUT2D eigenvalue weighted by atomic mass is 16.6. The lowest BCUT2D eigenvalue weighted by Crippen LogP contribution is -2.20. The van der Waals surface area contributed by atoms with Crippen LogP contribution in [0.25, 0.3) is 0 Å². The van der Waals surface area contributed by atoms with Crippen LogP contribution in [0, 0.1) is 31.6 Å². The molecule has 0 aliphatic carbocycles. The van der Waals surface area contributed by atoms with Gasteiger partial charge < -0.3 is 5.32 Å². The Labute approximate surface area is 140 Å². The van der Waals surface area contributed by atoms with E-state index < -0.39 is 9.85 Å². The number of rotatable bonds is 8. The van der Waals surface area contributed by atoms with Crippen molar-refractivity contribution < 1.29 is 9.85 Å². The number of nitriles is 1. The maximum atomic E-state index is 11.7. The highest BCUT2D eigenvalue weighted by Gasteiger charge is 2.33. The van der Waals surface area contributed by atoms with Crippen molar-refractivity contribution in [3.05, 3.63) is 37.4 Å². The summed E-state index contributed by atoms with van der Waals surface area (Å²) in [5.74, 6) is -0.173.